The fourth-order valence-electron chi connectivity index (χ4n) is 2.70. The highest BCUT2D eigenvalue weighted by Crippen LogP contribution is 2.34. The highest BCUT2D eigenvalue weighted by atomic mass is 16.5. The molecule has 1 aliphatic heterocycles. The second-order valence-corrected chi connectivity index (χ2v) is 6.20. The number of hydrogen-bond acceptors (Lipinski definition) is 3. The van der Waals surface area contributed by atoms with Gasteiger partial charge < -0.3 is 10.1 Å². The van der Waals surface area contributed by atoms with Crippen molar-refractivity contribution in [2.45, 2.75) is 39.8 Å². The maximum absolute atomic E-state index is 5.88. The van der Waals surface area contributed by atoms with Crippen molar-refractivity contribution >= 4 is 0 Å². The number of nitrogens with one attached hydrogen (secondary N) is 1. The van der Waals surface area contributed by atoms with Crippen molar-refractivity contribution in [3.05, 3.63) is 30.1 Å². The van der Waals surface area contributed by atoms with E-state index >= 15 is 0 Å². The number of rotatable bonds is 4. The quantitative estimate of drug-likeness (QED) is 0.889. The van der Waals surface area contributed by atoms with Crippen molar-refractivity contribution in [3.63, 3.8) is 0 Å². The van der Waals surface area contributed by atoms with Crippen LogP contribution in [-0.2, 0) is 11.3 Å². The second kappa shape index (κ2) is 5.81. The Hall–Kier alpha value is -0.930. The monoisotopic (exact) mass is 248 g/mol. The molecule has 1 aromatic rings. The van der Waals surface area contributed by atoms with E-state index in [9.17, 15) is 0 Å². The number of pyridine rings is 1. The summed E-state index contributed by atoms with van der Waals surface area (Å²) in [5.41, 5.74) is 1.47. The zero-order valence-electron chi connectivity index (χ0n) is 11.6. The lowest BCUT2D eigenvalue weighted by Gasteiger charge is -2.31. The molecule has 1 saturated heterocycles. The SMILES string of the molecule is CC(C)(C)[C@H]1OCC[C@@H]1CNCc1cccnc1. The highest BCUT2D eigenvalue weighted by Gasteiger charge is 2.36. The first-order valence-corrected chi connectivity index (χ1v) is 6.78. The van der Waals surface area contributed by atoms with E-state index in [-0.39, 0.29) is 5.41 Å². The summed E-state index contributed by atoms with van der Waals surface area (Å²) in [4.78, 5) is 4.12. The predicted octanol–water partition coefficient (Wildman–Crippen LogP) is 2.62. The van der Waals surface area contributed by atoms with Crippen molar-refractivity contribution < 1.29 is 4.74 Å². The number of hydrogen-bond donors (Lipinski definition) is 1. The Labute approximate surface area is 110 Å². The maximum atomic E-state index is 5.88. The van der Waals surface area contributed by atoms with Crippen LogP contribution in [0.4, 0.5) is 0 Å². The first-order valence-electron chi connectivity index (χ1n) is 6.78. The van der Waals surface area contributed by atoms with Gasteiger partial charge >= 0.3 is 0 Å². The van der Waals surface area contributed by atoms with Gasteiger partial charge in [0.25, 0.3) is 0 Å². The lowest BCUT2D eigenvalue weighted by molar-refractivity contribution is 0.00721. The van der Waals surface area contributed by atoms with Crippen LogP contribution in [0.1, 0.15) is 32.8 Å². The minimum absolute atomic E-state index is 0.233. The predicted molar refractivity (Wildman–Crippen MR) is 73.2 cm³/mol. The molecule has 0 spiro atoms. The van der Waals surface area contributed by atoms with Crippen molar-refractivity contribution in [1.29, 1.82) is 0 Å². The van der Waals surface area contributed by atoms with Gasteiger partial charge in [-0.2, -0.15) is 0 Å². The van der Waals surface area contributed by atoms with Gasteiger partial charge in [-0.15, -0.1) is 0 Å². The van der Waals surface area contributed by atoms with Crippen LogP contribution in [0.25, 0.3) is 0 Å². The molecule has 100 valence electrons. The van der Waals surface area contributed by atoms with Crippen LogP contribution < -0.4 is 5.32 Å². The second-order valence-electron chi connectivity index (χ2n) is 6.20. The molecule has 1 N–H and O–H groups in total. The number of nitrogens with zero attached hydrogens (tertiary/aromatic N) is 1. The first-order chi connectivity index (χ1) is 8.57. The molecular formula is C15H24N2O. The fraction of sp³-hybridized carbons (Fsp3) is 0.667. The molecule has 2 atom stereocenters. The average molecular weight is 248 g/mol. The summed E-state index contributed by atoms with van der Waals surface area (Å²) in [7, 11) is 0. The smallest absolute Gasteiger partial charge is 0.0664 e. The summed E-state index contributed by atoms with van der Waals surface area (Å²) in [6.07, 6.45) is 5.27. The third-order valence-electron chi connectivity index (χ3n) is 3.53. The van der Waals surface area contributed by atoms with Gasteiger partial charge in [0.05, 0.1) is 6.10 Å². The van der Waals surface area contributed by atoms with Gasteiger partial charge in [-0.3, -0.25) is 4.98 Å². The zero-order chi connectivity index (χ0) is 13.0. The lowest BCUT2D eigenvalue weighted by atomic mass is 9.81. The van der Waals surface area contributed by atoms with Crippen molar-refractivity contribution in [2.24, 2.45) is 11.3 Å². The topological polar surface area (TPSA) is 34.1 Å². The Morgan fingerprint density at radius 1 is 1.44 bits per heavy atom. The molecule has 2 heterocycles. The highest BCUT2D eigenvalue weighted by molar-refractivity contribution is 5.07. The standard InChI is InChI=1S/C15H24N2O/c1-15(2,3)14-13(6-8-18-14)11-17-10-12-5-4-7-16-9-12/h4-5,7,9,13-14,17H,6,8,10-11H2,1-3H3/t13-,14+/m1/s1. The minimum atomic E-state index is 0.233. The normalized spacial score (nSPS) is 24.4. The third kappa shape index (κ3) is 3.53. The number of aromatic nitrogens is 1. The molecule has 3 heteroatoms. The molecule has 2 rings (SSSR count). The van der Waals surface area contributed by atoms with Crippen LogP contribution in [-0.4, -0.2) is 24.2 Å². The molecule has 1 fully saturated rings. The zero-order valence-corrected chi connectivity index (χ0v) is 11.6. The van der Waals surface area contributed by atoms with Crippen LogP contribution in [0.2, 0.25) is 0 Å². The fourth-order valence-corrected chi connectivity index (χ4v) is 2.70. The Morgan fingerprint density at radius 2 is 2.28 bits per heavy atom. The van der Waals surface area contributed by atoms with E-state index in [1.54, 1.807) is 0 Å². The molecule has 18 heavy (non-hydrogen) atoms. The Bertz CT molecular complexity index is 359. The molecule has 0 radical (unpaired) electrons. The molecule has 0 amide bonds. The number of ether oxygens (including phenoxy) is 1. The Kier molecular flexibility index (Phi) is 4.36. The molecule has 1 aliphatic rings. The van der Waals surface area contributed by atoms with Gasteiger partial charge in [-0.25, -0.2) is 0 Å². The third-order valence-corrected chi connectivity index (χ3v) is 3.53. The molecule has 0 bridgehead atoms. The van der Waals surface area contributed by atoms with Crippen molar-refractivity contribution in [3.8, 4) is 0 Å². The van der Waals surface area contributed by atoms with E-state index in [1.165, 1.54) is 12.0 Å². The van der Waals surface area contributed by atoms with E-state index < -0.39 is 0 Å². The lowest BCUT2D eigenvalue weighted by Crippen LogP contribution is -2.36. The molecule has 3 nitrogen and oxygen atoms in total. The summed E-state index contributed by atoms with van der Waals surface area (Å²) >= 11 is 0. The van der Waals surface area contributed by atoms with Gasteiger partial charge in [0.1, 0.15) is 0 Å². The van der Waals surface area contributed by atoms with E-state index in [4.69, 9.17) is 4.74 Å². The van der Waals surface area contributed by atoms with Crippen LogP contribution in [0, 0.1) is 11.3 Å². The Balaban J connectivity index is 1.80. The average Bonchev–Trinajstić information content (AvgIpc) is 2.78. The minimum Gasteiger partial charge on any atom is -0.377 e. The van der Waals surface area contributed by atoms with Gasteiger partial charge in [0, 0.05) is 38.0 Å². The van der Waals surface area contributed by atoms with Crippen LogP contribution in [0.3, 0.4) is 0 Å². The molecule has 0 unspecified atom stereocenters. The largest absolute Gasteiger partial charge is 0.377 e. The Morgan fingerprint density at radius 3 is 2.94 bits per heavy atom. The molecule has 0 saturated carbocycles. The van der Waals surface area contributed by atoms with Crippen molar-refractivity contribution in [1.82, 2.24) is 10.3 Å². The van der Waals surface area contributed by atoms with Crippen LogP contribution in [0.5, 0.6) is 0 Å². The van der Waals surface area contributed by atoms with E-state index in [1.807, 2.05) is 18.5 Å². The molecule has 1 aromatic heterocycles. The molecule has 0 aromatic carbocycles. The van der Waals surface area contributed by atoms with Gasteiger partial charge in [0.2, 0.25) is 0 Å². The van der Waals surface area contributed by atoms with E-state index in [0.29, 0.717) is 12.0 Å². The van der Waals surface area contributed by atoms with Gasteiger partial charge in [-0.1, -0.05) is 26.8 Å². The summed E-state index contributed by atoms with van der Waals surface area (Å²) in [6, 6.07) is 4.08. The van der Waals surface area contributed by atoms with Gasteiger partial charge in [0.15, 0.2) is 0 Å². The summed E-state index contributed by atoms with van der Waals surface area (Å²) in [5.74, 6) is 0.627. The molecule has 0 aliphatic carbocycles. The van der Waals surface area contributed by atoms with Crippen LogP contribution >= 0.6 is 0 Å². The van der Waals surface area contributed by atoms with Crippen LogP contribution in [0.15, 0.2) is 24.5 Å². The summed E-state index contributed by atoms with van der Waals surface area (Å²) < 4.78 is 5.88. The summed E-state index contributed by atoms with van der Waals surface area (Å²) in [5, 5.41) is 3.53. The maximum Gasteiger partial charge on any atom is 0.0664 e. The van der Waals surface area contributed by atoms with E-state index in [0.717, 1.165) is 19.7 Å². The first kappa shape index (κ1) is 13.5. The summed E-state index contributed by atoms with van der Waals surface area (Å²) in [6.45, 7) is 9.60. The molecular weight excluding hydrogens is 224 g/mol. The van der Waals surface area contributed by atoms with E-state index in [2.05, 4.69) is 37.1 Å². The van der Waals surface area contributed by atoms with Crippen molar-refractivity contribution in [2.75, 3.05) is 13.2 Å². The van der Waals surface area contributed by atoms with Gasteiger partial charge in [-0.05, 0) is 23.5 Å².